The lowest BCUT2D eigenvalue weighted by Crippen LogP contribution is -2.16. The molecule has 0 spiro atoms. The Morgan fingerprint density at radius 3 is 1.97 bits per heavy atom. The minimum absolute atomic E-state index is 0.000105. The largest absolute Gasteiger partial charge is 0.457 e. The Morgan fingerprint density at radius 2 is 1.29 bits per heavy atom. The molecular weight excluding hydrogens is 486 g/mol. The summed E-state index contributed by atoms with van der Waals surface area (Å²) >= 11 is 0. The van der Waals surface area contributed by atoms with Crippen LogP contribution in [0, 0.1) is 13.8 Å². The summed E-state index contributed by atoms with van der Waals surface area (Å²) in [5.41, 5.74) is 3.70. The van der Waals surface area contributed by atoms with Crippen LogP contribution in [-0.2, 0) is 19.1 Å². The fourth-order valence-electron chi connectivity index (χ4n) is 3.44. The highest BCUT2D eigenvalue weighted by Crippen LogP contribution is 2.13. The smallest absolute Gasteiger partial charge is 0.338 e. The number of ether oxygens (including phenoxy) is 2. The van der Waals surface area contributed by atoms with Gasteiger partial charge in [-0.25, -0.2) is 4.79 Å². The minimum Gasteiger partial charge on any atom is -0.457 e. The van der Waals surface area contributed by atoms with E-state index in [0.717, 1.165) is 11.1 Å². The molecule has 38 heavy (non-hydrogen) atoms. The minimum atomic E-state index is -0.651. The van der Waals surface area contributed by atoms with Crippen LogP contribution >= 0.6 is 0 Å². The van der Waals surface area contributed by atoms with Crippen molar-refractivity contribution in [1.29, 1.82) is 0 Å². The number of anilines is 1. The highest BCUT2D eigenvalue weighted by atomic mass is 16.5. The van der Waals surface area contributed by atoms with Crippen molar-refractivity contribution >= 4 is 35.1 Å². The van der Waals surface area contributed by atoms with E-state index in [9.17, 15) is 24.0 Å². The summed E-state index contributed by atoms with van der Waals surface area (Å²) < 4.78 is 10.1. The van der Waals surface area contributed by atoms with Gasteiger partial charge in [-0.1, -0.05) is 42.5 Å². The van der Waals surface area contributed by atoms with Crippen molar-refractivity contribution in [3.8, 4) is 0 Å². The Hall–Kier alpha value is -4.59. The molecule has 0 heterocycles. The van der Waals surface area contributed by atoms with E-state index >= 15 is 0 Å². The highest BCUT2D eigenvalue weighted by molar-refractivity contribution is 6.00. The average molecular weight is 516 g/mol. The summed E-state index contributed by atoms with van der Waals surface area (Å²) in [6.45, 7) is 3.14. The Labute approximate surface area is 221 Å². The first-order chi connectivity index (χ1) is 18.2. The molecule has 0 saturated carbocycles. The van der Waals surface area contributed by atoms with Gasteiger partial charge in [0.15, 0.2) is 24.8 Å². The van der Waals surface area contributed by atoms with Gasteiger partial charge in [0, 0.05) is 29.7 Å². The Balaban J connectivity index is 1.35. The molecule has 8 nitrogen and oxygen atoms in total. The second-order valence-corrected chi connectivity index (χ2v) is 8.73. The summed E-state index contributed by atoms with van der Waals surface area (Å²) in [5, 5.41) is 2.68. The van der Waals surface area contributed by atoms with E-state index in [2.05, 4.69) is 5.32 Å². The Bertz CT molecular complexity index is 1310. The summed E-state index contributed by atoms with van der Waals surface area (Å²) in [6, 6.07) is 19.9. The third kappa shape index (κ3) is 8.51. The molecule has 0 atom stereocenters. The van der Waals surface area contributed by atoms with Crippen LogP contribution in [-0.4, -0.2) is 42.6 Å². The monoisotopic (exact) mass is 515 g/mol. The zero-order valence-corrected chi connectivity index (χ0v) is 21.3. The van der Waals surface area contributed by atoms with Gasteiger partial charge in [0.05, 0.1) is 5.56 Å². The summed E-state index contributed by atoms with van der Waals surface area (Å²) in [5.74, 6) is -2.10. The molecule has 0 aromatic heterocycles. The molecule has 1 amide bonds. The number of hydrogen-bond donors (Lipinski definition) is 1. The second kappa shape index (κ2) is 13.6. The molecule has 0 radical (unpaired) electrons. The normalized spacial score (nSPS) is 10.4. The third-order valence-corrected chi connectivity index (χ3v) is 5.81. The van der Waals surface area contributed by atoms with Gasteiger partial charge in [0.25, 0.3) is 0 Å². The Morgan fingerprint density at radius 1 is 0.658 bits per heavy atom. The number of Topliss-reactive ketones (excluding diaryl/α,β-unsaturated/α-hetero) is 2. The van der Waals surface area contributed by atoms with Crippen molar-refractivity contribution in [3.63, 3.8) is 0 Å². The molecule has 0 unspecified atom stereocenters. The molecule has 0 aliphatic carbocycles. The van der Waals surface area contributed by atoms with Crippen molar-refractivity contribution in [2.24, 2.45) is 0 Å². The molecule has 1 N–H and O–H groups in total. The van der Waals surface area contributed by atoms with E-state index in [1.807, 2.05) is 19.9 Å². The first-order valence-electron chi connectivity index (χ1n) is 12.1. The quantitative estimate of drug-likeness (QED) is 0.270. The topological polar surface area (TPSA) is 116 Å². The first-order valence-corrected chi connectivity index (χ1v) is 12.1. The zero-order chi connectivity index (χ0) is 27.5. The van der Waals surface area contributed by atoms with Gasteiger partial charge in [-0.15, -0.1) is 0 Å². The van der Waals surface area contributed by atoms with Gasteiger partial charge < -0.3 is 14.8 Å². The number of carbonyl (C=O) groups is 5. The van der Waals surface area contributed by atoms with Crippen LogP contribution < -0.4 is 5.32 Å². The van der Waals surface area contributed by atoms with Gasteiger partial charge in [-0.2, -0.15) is 0 Å². The van der Waals surface area contributed by atoms with Crippen LogP contribution in [0.5, 0.6) is 0 Å². The number of nitrogens with one attached hydrogen (secondary N) is 1. The lowest BCUT2D eigenvalue weighted by atomic mass is 10.0. The molecule has 3 aromatic carbocycles. The molecular formula is C30H29NO7. The average Bonchev–Trinajstić information content (AvgIpc) is 2.92. The van der Waals surface area contributed by atoms with Gasteiger partial charge in [-0.05, 0) is 61.7 Å². The lowest BCUT2D eigenvalue weighted by Gasteiger charge is -2.08. The number of ketones is 2. The number of benzene rings is 3. The van der Waals surface area contributed by atoms with E-state index in [1.165, 1.54) is 12.1 Å². The number of amides is 1. The summed E-state index contributed by atoms with van der Waals surface area (Å²) in [6.07, 6.45) is 0.327. The summed E-state index contributed by atoms with van der Waals surface area (Å²) in [7, 11) is 0. The summed E-state index contributed by atoms with van der Waals surface area (Å²) in [4.78, 5) is 60.6. The number of esters is 2. The number of aryl methyl sites for hydroxylation is 2. The van der Waals surface area contributed by atoms with Crippen LogP contribution in [0.15, 0.2) is 72.8 Å². The maximum Gasteiger partial charge on any atom is 0.338 e. The fourth-order valence-corrected chi connectivity index (χ4v) is 3.44. The van der Waals surface area contributed by atoms with Crippen molar-refractivity contribution < 1.29 is 33.4 Å². The predicted molar refractivity (Wildman–Crippen MR) is 141 cm³/mol. The van der Waals surface area contributed by atoms with Crippen LogP contribution in [0.2, 0.25) is 0 Å². The number of hydrogen-bond acceptors (Lipinski definition) is 7. The highest BCUT2D eigenvalue weighted by Gasteiger charge is 2.14. The predicted octanol–water partition coefficient (Wildman–Crippen LogP) is 4.88. The molecule has 0 bridgehead atoms. The number of carbonyl (C=O) groups excluding carboxylic acids is 5. The van der Waals surface area contributed by atoms with Gasteiger partial charge in [0.2, 0.25) is 5.91 Å². The van der Waals surface area contributed by atoms with Crippen molar-refractivity contribution in [2.75, 3.05) is 18.5 Å². The van der Waals surface area contributed by atoms with Gasteiger partial charge in [0.1, 0.15) is 0 Å². The first kappa shape index (κ1) is 28.0. The molecule has 196 valence electrons. The second-order valence-electron chi connectivity index (χ2n) is 8.73. The molecule has 8 heteroatoms. The lowest BCUT2D eigenvalue weighted by molar-refractivity contribution is -0.142. The fraction of sp³-hybridized carbons (Fsp3) is 0.233. The zero-order valence-electron chi connectivity index (χ0n) is 21.3. The Kier molecular flexibility index (Phi) is 10.0. The van der Waals surface area contributed by atoms with Crippen molar-refractivity contribution in [1.82, 2.24) is 0 Å². The van der Waals surface area contributed by atoms with Crippen LogP contribution in [0.3, 0.4) is 0 Å². The SMILES string of the molecule is Cc1ccc(C(=O)COC(=O)CCCC(=O)Nc2ccc(C(=O)OCC(=O)c3ccccc3)cc2)cc1C. The standard InChI is InChI=1S/C30H29NO7/c1-20-11-12-24(17-21(20)2)27(33)18-37-29(35)10-6-9-28(34)31-25-15-13-23(14-16-25)30(36)38-19-26(32)22-7-4-3-5-8-22/h3-5,7-8,11-17H,6,9-10,18-19H2,1-2H3,(H,31,34). The molecule has 0 aliphatic rings. The van der Waals surface area contributed by atoms with E-state index in [-0.39, 0.29) is 55.5 Å². The van der Waals surface area contributed by atoms with Gasteiger partial charge >= 0.3 is 11.9 Å². The van der Waals surface area contributed by atoms with Crippen LogP contribution in [0.25, 0.3) is 0 Å². The molecule has 3 rings (SSSR count). The molecule has 0 saturated heterocycles. The van der Waals surface area contributed by atoms with Crippen LogP contribution in [0.4, 0.5) is 5.69 Å². The molecule has 0 aliphatic heterocycles. The third-order valence-electron chi connectivity index (χ3n) is 5.81. The maximum absolute atomic E-state index is 12.2. The number of rotatable bonds is 12. The molecule has 0 fully saturated rings. The van der Waals surface area contributed by atoms with Crippen molar-refractivity contribution in [3.05, 3.63) is 101 Å². The van der Waals surface area contributed by atoms with Gasteiger partial charge in [-0.3, -0.25) is 19.2 Å². The van der Waals surface area contributed by atoms with E-state index in [1.54, 1.807) is 54.6 Å². The van der Waals surface area contributed by atoms with E-state index in [4.69, 9.17) is 9.47 Å². The van der Waals surface area contributed by atoms with Crippen LogP contribution in [0.1, 0.15) is 61.5 Å². The van der Waals surface area contributed by atoms with E-state index < -0.39 is 11.9 Å². The van der Waals surface area contributed by atoms with Crippen molar-refractivity contribution in [2.45, 2.75) is 33.1 Å². The maximum atomic E-state index is 12.2. The van der Waals surface area contributed by atoms with E-state index in [0.29, 0.717) is 16.8 Å². The molecule has 3 aromatic rings.